The molecule has 0 aromatic carbocycles. The van der Waals surface area contributed by atoms with Crippen LogP contribution < -0.4 is 0 Å². The molecule has 0 bridgehead atoms. The molecule has 0 aromatic heterocycles. The lowest BCUT2D eigenvalue weighted by molar-refractivity contribution is -0.230. The number of aliphatic hydroxyl groups is 2. The second kappa shape index (κ2) is 5.25. The average Bonchev–Trinajstić information content (AvgIpc) is 2.67. The molecule has 2 rings (SSSR count). The summed E-state index contributed by atoms with van der Waals surface area (Å²) in [6.07, 6.45) is 8.39. The average molecular weight is 250 g/mol. The summed E-state index contributed by atoms with van der Waals surface area (Å²) in [5.41, 5.74) is 2.18. The van der Waals surface area contributed by atoms with Gasteiger partial charge < -0.3 is 19.7 Å². The summed E-state index contributed by atoms with van der Waals surface area (Å²) in [5.74, 6) is 1.64. The van der Waals surface area contributed by atoms with Gasteiger partial charge in [0.2, 0.25) is 0 Å². The molecule has 2 aliphatic rings. The topological polar surface area (TPSA) is 58.9 Å². The summed E-state index contributed by atoms with van der Waals surface area (Å²) < 4.78 is 11.4. The minimum absolute atomic E-state index is 0.204. The molecule has 2 heterocycles. The van der Waals surface area contributed by atoms with E-state index in [9.17, 15) is 5.11 Å². The van der Waals surface area contributed by atoms with Gasteiger partial charge in [-0.05, 0) is 24.1 Å². The predicted octanol–water partition coefficient (Wildman–Crippen LogP) is 0.751. The van der Waals surface area contributed by atoms with Gasteiger partial charge in [-0.25, -0.2) is 0 Å². The van der Waals surface area contributed by atoms with Crippen molar-refractivity contribution in [2.75, 3.05) is 13.2 Å². The first-order chi connectivity index (χ1) is 8.60. The standard InChI is InChI=1S/C14H18O4/c1-3-4-5-11-6-14(17-9-10(11)2)7-12(16)13(8-15)18-14/h1,4-5,12-13,15-16H,6-9H2,2H3/b5-4-. The summed E-state index contributed by atoms with van der Waals surface area (Å²) in [4.78, 5) is 0. The molecule has 98 valence electrons. The first kappa shape index (κ1) is 13.3. The molecule has 0 aromatic rings. The van der Waals surface area contributed by atoms with E-state index in [-0.39, 0.29) is 6.61 Å². The third-order valence-corrected chi connectivity index (χ3v) is 3.44. The van der Waals surface area contributed by atoms with Crippen LogP contribution in [0.15, 0.2) is 23.3 Å². The van der Waals surface area contributed by atoms with Gasteiger partial charge in [-0.15, -0.1) is 6.42 Å². The summed E-state index contributed by atoms with van der Waals surface area (Å²) in [5, 5.41) is 18.9. The van der Waals surface area contributed by atoms with Gasteiger partial charge >= 0.3 is 0 Å². The van der Waals surface area contributed by atoms with E-state index in [0.29, 0.717) is 19.4 Å². The Kier molecular flexibility index (Phi) is 3.88. The van der Waals surface area contributed by atoms with Gasteiger partial charge in [0, 0.05) is 12.8 Å². The highest BCUT2D eigenvalue weighted by Gasteiger charge is 2.48. The Bertz CT molecular complexity index is 418. The van der Waals surface area contributed by atoms with E-state index in [4.69, 9.17) is 21.0 Å². The molecule has 4 heteroatoms. The lowest BCUT2D eigenvalue weighted by atomic mass is 9.94. The van der Waals surface area contributed by atoms with E-state index < -0.39 is 18.0 Å². The third-order valence-electron chi connectivity index (χ3n) is 3.44. The van der Waals surface area contributed by atoms with Crippen LogP contribution in [0.1, 0.15) is 19.8 Å². The van der Waals surface area contributed by atoms with Crippen molar-refractivity contribution in [3.63, 3.8) is 0 Å². The van der Waals surface area contributed by atoms with Crippen LogP contribution in [-0.2, 0) is 9.47 Å². The van der Waals surface area contributed by atoms with Gasteiger partial charge in [0.25, 0.3) is 0 Å². The maximum atomic E-state index is 9.80. The summed E-state index contributed by atoms with van der Waals surface area (Å²) in [7, 11) is 0. The zero-order valence-corrected chi connectivity index (χ0v) is 10.4. The maximum absolute atomic E-state index is 9.80. The Morgan fingerprint density at radius 3 is 3.00 bits per heavy atom. The molecule has 1 fully saturated rings. The van der Waals surface area contributed by atoms with Crippen LogP contribution in [0, 0.1) is 12.3 Å². The van der Waals surface area contributed by atoms with Crippen LogP contribution in [0.2, 0.25) is 0 Å². The van der Waals surface area contributed by atoms with Gasteiger partial charge in [-0.3, -0.25) is 0 Å². The molecule has 4 nitrogen and oxygen atoms in total. The van der Waals surface area contributed by atoms with Crippen molar-refractivity contribution in [2.45, 2.75) is 37.8 Å². The van der Waals surface area contributed by atoms with E-state index in [1.807, 2.05) is 13.0 Å². The van der Waals surface area contributed by atoms with Crippen molar-refractivity contribution in [3.8, 4) is 12.3 Å². The normalized spacial score (nSPS) is 36.6. The molecule has 0 aliphatic carbocycles. The summed E-state index contributed by atoms with van der Waals surface area (Å²) in [6, 6.07) is 0. The predicted molar refractivity (Wildman–Crippen MR) is 66.6 cm³/mol. The van der Waals surface area contributed by atoms with E-state index in [0.717, 1.165) is 11.1 Å². The fraction of sp³-hybridized carbons (Fsp3) is 0.571. The Balaban J connectivity index is 2.15. The van der Waals surface area contributed by atoms with Crippen LogP contribution in [0.3, 0.4) is 0 Å². The number of terminal acetylenes is 1. The van der Waals surface area contributed by atoms with Crippen molar-refractivity contribution < 1.29 is 19.7 Å². The Morgan fingerprint density at radius 1 is 1.61 bits per heavy atom. The van der Waals surface area contributed by atoms with Crippen LogP contribution >= 0.6 is 0 Å². The Morgan fingerprint density at radius 2 is 2.39 bits per heavy atom. The van der Waals surface area contributed by atoms with E-state index in [2.05, 4.69) is 5.92 Å². The molecular formula is C14H18O4. The van der Waals surface area contributed by atoms with Crippen LogP contribution in [0.5, 0.6) is 0 Å². The van der Waals surface area contributed by atoms with Gasteiger partial charge in [0.15, 0.2) is 5.79 Å². The van der Waals surface area contributed by atoms with E-state index in [1.54, 1.807) is 6.08 Å². The quantitative estimate of drug-likeness (QED) is 0.710. The highest BCUT2D eigenvalue weighted by molar-refractivity contribution is 5.32. The SMILES string of the molecule is C#C/C=C\C1=C(C)COC2(C1)CC(O)C(CO)O2. The molecule has 3 atom stereocenters. The van der Waals surface area contributed by atoms with Gasteiger partial charge in [0.1, 0.15) is 6.10 Å². The Labute approximate surface area is 107 Å². The monoisotopic (exact) mass is 250 g/mol. The van der Waals surface area contributed by atoms with Gasteiger partial charge in [-0.2, -0.15) is 0 Å². The second-order valence-electron chi connectivity index (χ2n) is 4.79. The van der Waals surface area contributed by atoms with Crippen LogP contribution in [-0.4, -0.2) is 41.4 Å². The molecule has 2 N–H and O–H groups in total. The van der Waals surface area contributed by atoms with E-state index in [1.165, 1.54) is 0 Å². The molecule has 3 unspecified atom stereocenters. The zero-order chi connectivity index (χ0) is 13.2. The Hall–Kier alpha value is -1.12. The number of hydrogen-bond donors (Lipinski definition) is 2. The highest BCUT2D eigenvalue weighted by atomic mass is 16.7. The van der Waals surface area contributed by atoms with Crippen molar-refractivity contribution in [1.29, 1.82) is 0 Å². The number of hydrogen-bond acceptors (Lipinski definition) is 4. The minimum Gasteiger partial charge on any atom is -0.394 e. The highest BCUT2D eigenvalue weighted by Crippen LogP contribution is 2.40. The van der Waals surface area contributed by atoms with Crippen molar-refractivity contribution in [1.82, 2.24) is 0 Å². The fourth-order valence-electron chi connectivity index (χ4n) is 2.39. The number of allylic oxidation sites excluding steroid dienone is 2. The molecule has 18 heavy (non-hydrogen) atoms. The first-order valence-electron chi connectivity index (χ1n) is 6.02. The summed E-state index contributed by atoms with van der Waals surface area (Å²) >= 11 is 0. The van der Waals surface area contributed by atoms with Crippen molar-refractivity contribution in [2.24, 2.45) is 0 Å². The summed E-state index contributed by atoms with van der Waals surface area (Å²) in [6.45, 7) is 2.23. The van der Waals surface area contributed by atoms with Gasteiger partial charge in [0.05, 0.1) is 19.3 Å². The number of aliphatic hydroxyl groups excluding tert-OH is 2. The second-order valence-corrected chi connectivity index (χ2v) is 4.79. The molecular weight excluding hydrogens is 232 g/mol. The smallest absolute Gasteiger partial charge is 0.175 e. The fourth-order valence-corrected chi connectivity index (χ4v) is 2.39. The lowest BCUT2D eigenvalue weighted by Gasteiger charge is -2.34. The van der Waals surface area contributed by atoms with Gasteiger partial charge in [-0.1, -0.05) is 12.0 Å². The van der Waals surface area contributed by atoms with E-state index >= 15 is 0 Å². The van der Waals surface area contributed by atoms with Crippen molar-refractivity contribution in [3.05, 3.63) is 23.3 Å². The zero-order valence-electron chi connectivity index (χ0n) is 10.4. The molecule has 0 saturated carbocycles. The van der Waals surface area contributed by atoms with Crippen LogP contribution in [0.4, 0.5) is 0 Å². The third kappa shape index (κ3) is 2.50. The molecule has 2 aliphatic heterocycles. The molecule has 1 spiro atoms. The van der Waals surface area contributed by atoms with Crippen LogP contribution in [0.25, 0.3) is 0 Å². The first-order valence-corrected chi connectivity index (χ1v) is 6.02. The molecule has 0 amide bonds. The largest absolute Gasteiger partial charge is 0.394 e. The molecule has 1 saturated heterocycles. The minimum atomic E-state index is -0.819. The number of rotatable bonds is 2. The molecule has 0 radical (unpaired) electrons. The maximum Gasteiger partial charge on any atom is 0.175 e. The van der Waals surface area contributed by atoms with Crippen molar-refractivity contribution >= 4 is 0 Å². The number of ether oxygens (including phenoxy) is 2. The lowest BCUT2D eigenvalue weighted by Crippen LogP contribution is -2.37.